The van der Waals surface area contributed by atoms with Gasteiger partial charge >= 0.3 is 0 Å². The fourth-order valence-corrected chi connectivity index (χ4v) is 1.94. The Morgan fingerprint density at radius 1 is 1.12 bits per heavy atom. The monoisotopic (exact) mass is 235 g/mol. The van der Waals surface area contributed by atoms with E-state index in [1.54, 1.807) is 0 Å². The molecule has 0 atom stereocenters. The molecule has 0 unspecified atom stereocenters. The molecule has 3 heteroatoms. The summed E-state index contributed by atoms with van der Waals surface area (Å²) in [6, 6.07) is 6.01. The van der Waals surface area contributed by atoms with Crippen LogP contribution < -0.4 is 14.8 Å². The topological polar surface area (TPSA) is 30.5 Å². The van der Waals surface area contributed by atoms with Crippen molar-refractivity contribution in [2.45, 2.75) is 45.8 Å². The van der Waals surface area contributed by atoms with Crippen molar-refractivity contribution in [2.75, 3.05) is 11.9 Å². The Balaban J connectivity index is 1.94. The molecule has 1 aromatic carbocycles. The Kier molecular flexibility index (Phi) is 3.46. The number of unbranched alkanes of at least 4 members (excludes halogenated alkanes) is 2. The molecule has 3 nitrogen and oxygen atoms in total. The van der Waals surface area contributed by atoms with Gasteiger partial charge in [-0.25, -0.2) is 0 Å². The number of rotatable bonds is 5. The highest BCUT2D eigenvalue weighted by molar-refractivity contribution is 5.56. The van der Waals surface area contributed by atoms with Crippen molar-refractivity contribution < 1.29 is 9.47 Å². The van der Waals surface area contributed by atoms with Gasteiger partial charge in [0.2, 0.25) is 5.79 Å². The SMILES string of the molecule is CCCCCNc1ccc2c(c1)OC(C)(C)O2. The third-order valence-corrected chi connectivity index (χ3v) is 2.76. The van der Waals surface area contributed by atoms with E-state index < -0.39 is 5.79 Å². The van der Waals surface area contributed by atoms with Crippen molar-refractivity contribution in [1.29, 1.82) is 0 Å². The average molecular weight is 235 g/mol. The Labute approximate surface area is 103 Å². The molecular weight excluding hydrogens is 214 g/mol. The van der Waals surface area contributed by atoms with Gasteiger partial charge in [-0.1, -0.05) is 19.8 Å². The summed E-state index contributed by atoms with van der Waals surface area (Å²) in [5.41, 5.74) is 1.10. The predicted molar refractivity (Wildman–Crippen MR) is 69.8 cm³/mol. The normalized spacial score (nSPS) is 15.9. The summed E-state index contributed by atoms with van der Waals surface area (Å²) in [4.78, 5) is 0. The Hall–Kier alpha value is -1.38. The minimum absolute atomic E-state index is 0.539. The van der Waals surface area contributed by atoms with Crippen LogP contribution in [0, 0.1) is 0 Å². The van der Waals surface area contributed by atoms with Crippen LogP contribution in [0.4, 0.5) is 5.69 Å². The highest BCUT2D eigenvalue weighted by atomic mass is 16.7. The van der Waals surface area contributed by atoms with Gasteiger partial charge in [-0.3, -0.25) is 0 Å². The quantitative estimate of drug-likeness (QED) is 0.787. The van der Waals surface area contributed by atoms with Crippen molar-refractivity contribution in [1.82, 2.24) is 0 Å². The van der Waals surface area contributed by atoms with Crippen molar-refractivity contribution in [3.63, 3.8) is 0 Å². The number of hydrogen-bond donors (Lipinski definition) is 1. The van der Waals surface area contributed by atoms with Crippen LogP contribution >= 0.6 is 0 Å². The van der Waals surface area contributed by atoms with Crippen LogP contribution in [0.5, 0.6) is 11.5 Å². The first-order chi connectivity index (χ1) is 8.11. The van der Waals surface area contributed by atoms with Crippen molar-refractivity contribution in [3.8, 4) is 11.5 Å². The van der Waals surface area contributed by atoms with Gasteiger partial charge in [0.05, 0.1) is 0 Å². The molecule has 2 rings (SSSR count). The second-order valence-corrected chi connectivity index (χ2v) is 4.90. The maximum Gasteiger partial charge on any atom is 0.246 e. The van der Waals surface area contributed by atoms with E-state index in [9.17, 15) is 0 Å². The van der Waals surface area contributed by atoms with E-state index in [0.29, 0.717) is 0 Å². The molecule has 0 aliphatic carbocycles. The maximum absolute atomic E-state index is 5.70. The highest BCUT2D eigenvalue weighted by Gasteiger charge is 2.31. The van der Waals surface area contributed by atoms with Gasteiger partial charge in [-0.15, -0.1) is 0 Å². The summed E-state index contributed by atoms with van der Waals surface area (Å²) in [6.45, 7) is 7.06. The third kappa shape index (κ3) is 3.05. The van der Waals surface area contributed by atoms with Crippen LogP contribution in [0.3, 0.4) is 0 Å². The molecule has 0 bridgehead atoms. The van der Waals surface area contributed by atoms with Gasteiger partial charge in [0.25, 0.3) is 0 Å². The van der Waals surface area contributed by atoms with Crippen LogP contribution in [0.15, 0.2) is 18.2 Å². The van der Waals surface area contributed by atoms with Gasteiger partial charge in [0.1, 0.15) is 0 Å². The van der Waals surface area contributed by atoms with Crippen molar-refractivity contribution >= 4 is 5.69 Å². The number of hydrogen-bond acceptors (Lipinski definition) is 3. The number of fused-ring (bicyclic) bond motifs is 1. The third-order valence-electron chi connectivity index (χ3n) is 2.76. The first-order valence-electron chi connectivity index (χ1n) is 6.37. The van der Waals surface area contributed by atoms with Crippen LogP contribution in [0.25, 0.3) is 0 Å². The smallest absolute Gasteiger partial charge is 0.246 e. The fourth-order valence-electron chi connectivity index (χ4n) is 1.94. The molecular formula is C14H21NO2. The van der Waals surface area contributed by atoms with Gasteiger partial charge in [-0.05, 0) is 18.6 Å². The molecule has 1 aliphatic heterocycles. The summed E-state index contributed by atoms with van der Waals surface area (Å²) >= 11 is 0. The molecule has 0 spiro atoms. The number of benzene rings is 1. The summed E-state index contributed by atoms with van der Waals surface area (Å²) in [5.74, 6) is 1.12. The number of nitrogens with one attached hydrogen (secondary N) is 1. The Bertz CT molecular complexity index is 388. The van der Waals surface area contributed by atoms with E-state index in [1.807, 2.05) is 32.0 Å². The van der Waals surface area contributed by atoms with Crippen LogP contribution in [0.1, 0.15) is 40.0 Å². The van der Waals surface area contributed by atoms with E-state index in [1.165, 1.54) is 19.3 Å². The fraction of sp³-hybridized carbons (Fsp3) is 0.571. The van der Waals surface area contributed by atoms with Gasteiger partial charge in [0, 0.05) is 32.1 Å². The van der Waals surface area contributed by atoms with Crippen LogP contribution in [-0.2, 0) is 0 Å². The zero-order valence-electron chi connectivity index (χ0n) is 10.9. The molecule has 94 valence electrons. The zero-order chi connectivity index (χ0) is 12.3. The van der Waals surface area contributed by atoms with Crippen molar-refractivity contribution in [2.24, 2.45) is 0 Å². The average Bonchev–Trinajstić information content (AvgIpc) is 2.57. The minimum atomic E-state index is -0.539. The first-order valence-corrected chi connectivity index (χ1v) is 6.37. The predicted octanol–water partition coefficient (Wildman–Crippen LogP) is 3.80. The Morgan fingerprint density at radius 2 is 1.88 bits per heavy atom. The van der Waals surface area contributed by atoms with E-state index in [0.717, 1.165) is 23.7 Å². The lowest BCUT2D eigenvalue weighted by Crippen LogP contribution is -2.29. The van der Waals surface area contributed by atoms with Gasteiger partial charge in [-0.2, -0.15) is 0 Å². The molecule has 17 heavy (non-hydrogen) atoms. The summed E-state index contributed by atoms with van der Waals surface area (Å²) in [5, 5.41) is 3.40. The molecule has 0 saturated heterocycles. The molecule has 0 aromatic heterocycles. The molecule has 1 aliphatic rings. The largest absolute Gasteiger partial charge is 0.449 e. The van der Waals surface area contributed by atoms with Crippen LogP contribution in [-0.4, -0.2) is 12.3 Å². The lowest BCUT2D eigenvalue weighted by atomic mass is 10.2. The van der Waals surface area contributed by atoms with E-state index in [-0.39, 0.29) is 0 Å². The molecule has 0 amide bonds. The van der Waals surface area contributed by atoms with Gasteiger partial charge < -0.3 is 14.8 Å². The first kappa shape index (κ1) is 12.1. The molecule has 1 aromatic rings. The van der Waals surface area contributed by atoms with E-state index >= 15 is 0 Å². The van der Waals surface area contributed by atoms with E-state index in [4.69, 9.17) is 9.47 Å². The molecule has 0 saturated carbocycles. The number of ether oxygens (including phenoxy) is 2. The standard InChI is InChI=1S/C14H21NO2/c1-4-5-6-9-15-11-7-8-12-13(10-11)17-14(2,3)16-12/h7-8,10,15H,4-6,9H2,1-3H3. The Morgan fingerprint density at radius 3 is 2.65 bits per heavy atom. The maximum atomic E-state index is 5.70. The van der Waals surface area contributed by atoms with Gasteiger partial charge in [0.15, 0.2) is 11.5 Å². The van der Waals surface area contributed by atoms with E-state index in [2.05, 4.69) is 12.2 Å². The zero-order valence-corrected chi connectivity index (χ0v) is 10.9. The summed E-state index contributed by atoms with van der Waals surface area (Å²) in [6.07, 6.45) is 3.72. The lowest BCUT2D eigenvalue weighted by Gasteiger charge is -2.16. The summed E-state index contributed by atoms with van der Waals surface area (Å²) < 4.78 is 11.3. The molecule has 0 radical (unpaired) electrons. The highest BCUT2D eigenvalue weighted by Crippen LogP contribution is 2.40. The number of anilines is 1. The van der Waals surface area contributed by atoms with Crippen molar-refractivity contribution in [3.05, 3.63) is 18.2 Å². The second kappa shape index (κ2) is 4.86. The summed E-state index contributed by atoms with van der Waals surface area (Å²) in [7, 11) is 0. The lowest BCUT2D eigenvalue weighted by molar-refractivity contribution is -0.0431. The molecule has 1 heterocycles. The minimum Gasteiger partial charge on any atom is -0.449 e. The molecule has 0 fully saturated rings. The second-order valence-electron chi connectivity index (χ2n) is 4.90. The van der Waals surface area contributed by atoms with Crippen LogP contribution in [0.2, 0.25) is 0 Å². The molecule has 1 N–H and O–H groups in total.